The van der Waals surface area contributed by atoms with Crippen LogP contribution >= 0.6 is 39.1 Å². The Hall–Kier alpha value is -2.34. The Labute approximate surface area is 193 Å². The lowest BCUT2D eigenvalue weighted by Crippen LogP contribution is -2.26. The number of carbonyl (C=O) groups is 1. The number of rotatable bonds is 6. The number of halogens is 3. The molecule has 0 radical (unpaired) electrons. The van der Waals surface area contributed by atoms with Gasteiger partial charge in [-0.2, -0.15) is 0 Å². The van der Waals surface area contributed by atoms with E-state index in [0.29, 0.717) is 35.1 Å². The van der Waals surface area contributed by atoms with E-state index in [4.69, 9.17) is 28.2 Å². The second kappa shape index (κ2) is 9.21. The highest BCUT2D eigenvalue weighted by molar-refractivity contribution is 9.10. The van der Waals surface area contributed by atoms with Gasteiger partial charge in [-0.3, -0.25) is 4.79 Å². The maximum absolute atomic E-state index is 12.4. The topological polar surface area (TPSA) is 46.9 Å². The molecule has 1 heterocycles. The van der Waals surface area contributed by atoms with Gasteiger partial charge in [-0.15, -0.1) is 0 Å². The summed E-state index contributed by atoms with van der Waals surface area (Å²) in [7, 11) is 0. The van der Waals surface area contributed by atoms with E-state index in [1.807, 2.05) is 54.6 Å². The summed E-state index contributed by atoms with van der Waals surface area (Å²) in [6.45, 7) is 0.971. The van der Waals surface area contributed by atoms with Crippen molar-refractivity contribution in [1.82, 2.24) is 14.9 Å². The second-order valence-corrected chi connectivity index (χ2v) is 8.55. The molecule has 0 aliphatic carbocycles. The fourth-order valence-electron chi connectivity index (χ4n) is 3.35. The number of aromatic nitrogens is 2. The monoisotopic (exact) mass is 501 g/mol. The van der Waals surface area contributed by atoms with E-state index in [9.17, 15) is 4.79 Å². The number of imidazole rings is 1. The Morgan fingerprint density at radius 1 is 1.00 bits per heavy atom. The first-order chi connectivity index (χ1) is 14.5. The quantitative estimate of drug-likeness (QED) is 0.345. The molecular formula is C23H18BrCl2N3O. The minimum atomic E-state index is -0.117. The molecular weight excluding hydrogens is 485 g/mol. The van der Waals surface area contributed by atoms with Crippen LogP contribution in [0.1, 0.15) is 21.7 Å². The van der Waals surface area contributed by atoms with Gasteiger partial charge in [-0.05, 0) is 42.5 Å². The standard InChI is InChI=1S/C23H18BrCl2N3O/c24-16-6-3-5-15(13-16)23(30)27-12-11-22-28-20-9-1-2-10-21(20)29(22)14-17-18(25)7-4-8-19(17)26/h1-10,13H,11-12,14H2,(H,27,30). The zero-order chi connectivity index (χ0) is 21.1. The average molecular weight is 503 g/mol. The van der Waals surface area contributed by atoms with Gasteiger partial charge in [-0.25, -0.2) is 4.98 Å². The van der Waals surface area contributed by atoms with Gasteiger partial charge >= 0.3 is 0 Å². The third kappa shape index (κ3) is 4.53. The normalized spacial score (nSPS) is 11.0. The minimum absolute atomic E-state index is 0.117. The molecule has 0 fully saturated rings. The van der Waals surface area contributed by atoms with Crippen LogP contribution in [0.25, 0.3) is 11.0 Å². The van der Waals surface area contributed by atoms with Crippen molar-refractivity contribution in [2.75, 3.05) is 6.54 Å². The molecule has 0 saturated carbocycles. The molecule has 0 atom stereocenters. The van der Waals surface area contributed by atoms with Gasteiger partial charge in [0.15, 0.2) is 0 Å². The van der Waals surface area contributed by atoms with Crippen molar-refractivity contribution in [2.24, 2.45) is 0 Å². The molecule has 3 aromatic carbocycles. The minimum Gasteiger partial charge on any atom is -0.352 e. The van der Waals surface area contributed by atoms with Gasteiger partial charge in [0.1, 0.15) is 5.82 Å². The molecule has 4 rings (SSSR count). The van der Waals surface area contributed by atoms with Crippen LogP contribution in [0.5, 0.6) is 0 Å². The molecule has 4 nitrogen and oxygen atoms in total. The summed E-state index contributed by atoms with van der Waals surface area (Å²) in [6, 6.07) is 20.7. The van der Waals surface area contributed by atoms with E-state index >= 15 is 0 Å². The Balaban J connectivity index is 1.57. The highest BCUT2D eigenvalue weighted by Crippen LogP contribution is 2.27. The number of para-hydroxylation sites is 2. The van der Waals surface area contributed by atoms with E-state index in [1.165, 1.54) is 0 Å². The SMILES string of the molecule is O=C(NCCc1nc2ccccc2n1Cc1c(Cl)cccc1Cl)c1cccc(Br)c1. The van der Waals surface area contributed by atoms with Gasteiger partial charge in [-0.1, -0.05) is 63.4 Å². The average Bonchev–Trinajstić information content (AvgIpc) is 3.08. The zero-order valence-corrected chi connectivity index (χ0v) is 19.0. The lowest BCUT2D eigenvalue weighted by Gasteiger charge is -2.13. The molecule has 4 aromatic rings. The fourth-order valence-corrected chi connectivity index (χ4v) is 4.27. The third-order valence-electron chi connectivity index (χ3n) is 4.83. The summed E-state index contributed by atoms with van der Waals surface area (Å²) in [5.41, 5.74) is 3.36. The number of hydrogen-bond acceptors (Lipinski definition) is 2. The lowest BCUT2D eigenvalue weighted by atomic mass is 10.2. The lowest BCUT2D eigenvalue weighted by molar-refractivity contribution is 0.0954. The number of hydrogen-bond donors (Lipinski definition) is 1. The fraction of sp³-hybridized carbons (Fsp3) is 0.130. The molecule has 1 aromatic heterocycles. The molecule has 1 N–H and O–H groups in total. The van der Waals surface area contributed by atoms with Gasteiger partial charge in [0.25, 0.3) is 5.91 Å². The van der Waals surface area contributed by atoms with Crippen molar-refractivity contribution in [3.63, 3.8) is 0 Å². The summed E-state index contributed by atoms with van der Waals surface area (Å²) < 4.78 is 2.97. The molecule has 0 spiro atoms. The molecule has 0 unspecified atom stereocenters. The Bertz CT molecular complexity index is 1200. The second-order valence-electron chi connectivity index (χ2n) is 6.82. The van der Waals surface area contributed by atoms with E-state index in [2.05, 4.69) is 25.8 Å². The highest BCUT2D eigenvalue weighted by atomic mass is 79.9. The van der Waals surface area contributed by atoms with Crippen LogP contribution in [-0.2, 0) is 13.0 Å². The predicted octanol–water partition coefficient (Wildman–Crippen LogP) is 6.13. The number of fused-ring (bicyclic) bond motifs is 1. The molecule has 1 amide bonds. The van der Waals surface area contributed by atoms with Crippen LogP contribution in [0.15, 0.2) is 71.2 Å². The summed E-state index contributed by atoms with van der Waals surface area (Å²) in [5, 5.41) is 4.21. The zero-order valence-electron chi connectivity index (χ0n) is 15.9. The smallest absolute Gasteiger partial charge is 0.251 e. The summed E-state index contributed by atoms with van der Waals surface area (Å²) in [5.74, 6) is 0.745. The van der Waals surface area contributed by atoms with Crippen LogP contribution in [0.2, 0.25) is 10.0 Å². The first-order valence-electron chi connectivity index (χ1n) is 9.44. The molecule has 152 valence electrons. The third-order valence-corrected chi connectivity index (χ3v) is 6.03. The number of amides is 1. The summed E-state index contributed by atoms with van der Waals surface area (Å²) in [6.07, 6.45) is 0.580. The van der Waals surface area contributed by atoms with Gasteiger partial charge < -0.3 is 9.88 Å². The van der Waals surface area contributed by atoms with Gasteiger partial charge in [0.05, 0.1) is 17.6 Å². The maximum atomic E-state index is 12.4. The largest absolute Gasteiger partial charge is 0.352 e. The van der Waals surface area contributed by atoms with Crippen molar-refractivity contribution in [1.29, 1.82) is 0 Å². The number of nitrogens with zero attached hydrogens (tertiary/aromatic N) is 2. The van der Waals surface area contributed by atoms with E-state index < -0.39 is 0 Å². The van der Waals surface area contributed by atoms with E-state index in [-0.39, 0.29) is 5.91 Å². The van der Waals surface area contributed by atoms with Crippen LogP contribution in [0.4, 0.5) is 0 Å². The molecule has 0 saturated heterocycles. The first-order valence-corrected chi connectivity index (χ1v) is 11.0. The van der Waals surface area contributed by atoms with Crippen LogP contribution < -0.4 is 5.32 Å². The Morgan fingerprint density at radius 2 is 1.73 bits per heavy atom. The van der Waals surface area contributed by atoms with Crippen molar-refractivity contribution < 1.29 is 4.79 Å². The summed E-state index contributed by atoms with van der Waals surface area (Å²) >= 11 is 16.2. The van der Waals surface area contributed by atoms with Crippen molar-refractivity contribution >= 4 is 56.1 Å². The first kappa shape index (κ1) is 20.9. The van der Waals surface area contributed by atoms with E-state index in [0.717, 1.165) is 26.9 Å². The highest BCUT2D eigenvalue weighted by Gasteiger charge is 2.14. The van der Waals surface area contributed by atoms with Crippen molar-refractivity contribution in [2.45, 2.75) is 13.0 Å². The predicted molar refractivity (Wildman–Crippen MR) is 125 cm³/mol. The van der Waals surface area contributed by atoms with Crippen molar-refractivity contribution in [3.05, 3.63) is 98.2 Å². The van der Waals surface area contributed by atoms with Crippen LogP contribution in [-0.4, -0.2) is 22.0 Å². The molecule has 7 heteroatoms. The van der Waals surface area contributed by atoms with Gasteiger partial charge in [0, 0.05) is 38.6 Å². The van der Waals surface area contributed by atoms with Crippen LogP contribution in [0.3, 0.4) is 0 Å². The van der Waals surface area contributed by atoms with Crippen LogP contribution in [0, 0.1) is 0 Å². The molecule has 30 heavy (non-hydrogen) atoms. The van der Waals surface area contributed by atoms with E-state index in [1.54, 1.807) is 12.1 Å². The Kier molecular flexibility index (Phi) is 6.42. The summed E-state index contributed by atoms with van der Waals surface area (Å²) in [4.78, 5) is 17.2. The van der Waals surface area contributed by atoms with Gasteiger partial charge in [0.2, 0.25) is 0 Å². The molecule has 0 bridgehead atoms. The molecule has 0 aliphatic rings. The Morgan fingerprint density at radius 3 is 2.50 bits per heavy atom. The number of carbonyl (C=O) groups excluding carboxylic acids is 1. The van der Waals surface area contributed by atoms with Crippen molar-refractivity contribution in [3.8, 4) is 0 Å². The molecule has 0 aliphatic heterocycles. The number of benzene rings is 3. The number of nitrogens with one attached hydrogen (secondary N) is 1. The maximum Gasteiger partial charge on any atom is 0.251 e.